The summed E-state index contributed by atoms with van der Waals surface area (Å²) in [7, 11) is 0. The number of ketones is 1. The predicted octanol–water partition coefficient (Wildman–Crippen LogP) is 2.72. The summed E-state index contributed by atoms with van der Waals surface area (Å²) in [6.45, 7) is 5.92. The van der Waals surface area contributed by atoms with Crippen LogP contribution in [0.2, 0.25) is 0 Å². The standard InChI is InChI=1S/C13H17FO3/c1-4-16-13(17-5-2)12(15)10-7-6-9(3)11(14)8-10/h6-8,13H,4-5H2,1-3H3. The van der Waals surface area contributed by atoms with Gasteiger partial charge in [-0.2, -0.15) is 0 Å². The van der Waals surface area contributed by atoms with Crippen molar-refractivity contribution in [2.75, 3.05) is 13.2 Å². The molecule has 0 unspecified atom stereocenters. The Morgan fingerprint density at radius 1 is 1.29 bits per heavy atom. The predicted molar refractivity (Wildman–Crippen MR) is 62.5 cm³/mol. The van der Waals surface area contributed by atoms with Crippen LogP contribution in [0.4, 0.5) is 4.39 Å². The van der Waals surface area contributed by atoms with Gasteiger partial charge < -0.3 is 9.47 Å². The Morgan fingerprint density at radius 3 is 2.35 bits per heavy atom. The molecule has 0 heterocycles. The molecule has 0 saturated carbocycles. The van der Waals surface area contributed by atoms with Crippen molar-refractivity contribution in [3.63, 3.8) is 0 Å². The Bertz CT molecular complexity index is 384. The summed E-state index contributed by atoms with van der Waals surface area (Å²) in [5.74, 6) is -0.754. The molecule has 1 aromatic carbocycles. The molecule has 4 heteroatoms. The molecule has 0 fully saturated rings. The first-order valence-electron chi connectivity index (χ1n) is 5.63. The first-order chi connectivity index (χ1) is 8.10. The van der Waals surface area contributed by atoms with Crippen LogP contribution in [-0.2, 0) is 9.47 Å². The molecule has 0 amide bonds. The van der Waals surface area contributed by atoms with Crippen molar-refractivity contribution in [1.29, 1.82) is 0 Å². The zero-order valence-corrected chi connectivity index (χ0v) is 10.3. The van der Waals surface area contributed by atoms with E-state index >= 15 is 0 Å². The molecule has 0 saturated heterocycles. The van der Waals surface area contributed by atoms with Crippen molar-refractivity contribution in [1.82, 2.24) is 0 Å². The average Bonchev–Trinajstić information content (AvgIpc) is 2.31. The van der Waals surface area contributed by atoms with Gasteiger partial charge in [0.2, 0.25) is 12.1 Å². The van der Waals surface area contributed by atoms with Crippen molar-refractivity contribution < 1.29 is 18.7 Å². The van der Waals surface area contributed by atoms with E-state index in [1.54, 1.807) is 32.9 Å². The average molecular weight is 240 g/mol. The zero-order valence-electron chi connectivity index (χ0n) is 10.3. The fourth-order valence-corrected chi connectivity index (χ4v) is 1.38. The van der Waals surface area contributed by atoms with Gasteiger partial charge >= 0.3 is 0 Å². The number of carbonyl (C=O) groups excluding carboxylic acids is 1. The van der Waals surface area contributed by atoms with E-state index in [-0.39, 0.29) is 11.3 Å². The van der Waals surface area contributed by atoms with Crippen LogP contribution in [0, 0.1) is 12.7 Å². The lowest BCUT2D eigenvalue weighted by Gasteiger charge is -2.15. The molecule has 0 aliphatic carbocycles. The maximum absolute atomic E-state index is 13.3. The number of Topliss-reactive ketones (excluding diaryl/α,β-unsaturated/α-hetero) is 1. The summed E-state index contributed by atoms with van der Waals surface area (Å²) in [6.07, 6.45) is -0.952. The van der Waals surface area contributed by atoms with Gasteiger partial charge in [-0.1, -0.05) is 12.1 Å². The van der Waals surface area contributed by atoms with Gasteiger partial charge in [0.05, 0.1) is 0 Å². The summed E-state index contributed by atoms with van der Waals surface area (Å²) in [5.41, 5.74) is 0.769. The van der Waals surface area contributed by atoms with E-state index in [1.807, 2.05) is 0 Å². The number of rotatable bonds is 6. The summed E-state index contributed by atoms with van der Waals surface area (Å²) in [5, 5.41) is 0. The quantitative estimate of drug-likeness (QED) is 0.566. The molecule has 17 heavy (non-hydrogen) atoms. The molecule has 0 aliphatic rings. The summed E-state index contributed by atoms with van der Waals surface area (Å²) in [6, 6.07) is 4.35. The fourth-order valence-electron chi connectivity index (χ4n) is 1.38. The Hall–Kier alpha value is -1.26. The highest BCUT2D eigenvalue weighted by molar-refractivity contribution is 5.98. The third-order valence-corrected chi connectivity index (χ3v) is 2.31. The van der Waals surface area contributed by atoms with Crippen LogP contribution in [-0.4, -0.2) is 25.3 Å². The van der Waals surface area contributed by atoms with Gasteiger partial charge in [0.25, 0.3) is 0 Å². The number of benzene rings is 1. The minimum absolute atomic E-state index is 0.264. The highest BCUT2D eigenvalue weighted by Crippen LogP contribution is 2.13. The third kappa shape index (κ3) is 3.61. The Balaban J connectivity index is 2.88. The fraction of sp³-hybridized carbons (Fsp3) is 0.462. The molecule has 0 N–H and O–H groups in total. The number of ether oxygens (including phenoxy) is 2. The van der Waals surface area contributed by atoms with Gasteiger partial charge in [0.15, 0.2) is 0 Å². The number of halogens is 1. The van der Waals surface area contributed by atoms with E-state index in [2.05, 4.69) is 0 Å². The number of aryl methyl sites for hydroxylation is 1. The van der Waals surface area contributed by atoms with E-state index < -0.39 is 12.1 Å². The molecule has 0 atom stereocenters. The minimum atomic E-state index is -0.952. The van der Waals surface area contributed by atoms with Crippen LogP contribution in [0.5, 0.6) is 0 Å². The molecule has 1 rings (SSSR count). The molecule has 94 valence electrons. The second-order valence-corrected chi connectivity index (χ2v) is 3.57. The molecular formula is C13H17FO3. The summed E-state index contributed by atoms with van der Waals surface area (Å²) in [4.78, 5) is 12.0. The van der Waals surface area contributed by atoms with Crippen LogP contribution < -0.4 is 0 Å². The minimum Gasteiger partial charge on any atom is -0.346 e. The van der Waals surface area contributed by atoms with E-state index in [4.69, 9.17) is 9.47 Å². The van der Waals surface area contributed by atoms with Crippen LogP contribution in [0.15, 0.2) is 18.2 Å². The van der Waals surface area contributed by atoms with Crippen molar-refractivity contribution >= 4 is 5.78 Å². The van der Waals surface area contributed by atoms with Gasteiger partial charge in [-0.15, -0.1) is 0 Å². The normalized spacial score (nSPS) is 10.9. The summed E-state index contributed by atoms with van der Waals surface area (Å²) < 4.78 is 23.7. The molecule has 0 aliphatic heterocycles. The van der Waals surface area contributed by atoms with Gasteiger partial charge in [0.1, 0.15) is 5.82 Å². The first-order valence-corrected chi connectivity index (χ1v) is 5.63. The van der Waals surface area contributed by atoms with E-state index in [0.717, 1.165) is 0 Å². The van der Waals surface area contributed by atoms with E-state index in [1.165, 1.54) is 6.07 Å². The van der Waals surface area contributed by atoms with Crippen molar-refractivity contribution in [3.8, 4) is 0 Å². The zero-order chi connectivity index (χ0) is 12.8. The molecule has 0 radical (unpaired) electrons. The highest BCUT2D eigenvalue weighted by atomic mass is 19.1. The lowest BCUT2D eigenvalue weighted by atomic mass is 10.1. The van der Waals surface area contributed by atoms with Crippen LogP contribution >= 0.6 is 0 Å². The highest BCUT2D eigenvalue weighted by Gasteiger charge is 2.21. The topological polar surface area (TPSA) is 35.5 Å². The Labute approximate surface area is 101 Å². The van der Waals surface area contributed by atoms with Crippen LogP contribution in [0.1, 0.15) is 29.8 Å². The van der Waals surface area contributed by atoms with Crippen molar-refractivity contribution in [2.45, 2.75) is 27.1 Å². The lowest BCUT2D eigenvalue weighted by molar-refractivity contribution is -0.107. The van der Waals surface area contributed by atoms with E-state index in [9.17, 15) is 9.18 Å². The van der Waals surface area contributed by atoms with Gasteiger partial charge in [-0.3, -0.25) is 4.79 Å². The van der Waals surface area contributed by atoms with Crippen LogP contribution in [0.25, 0.3) is 0 Å². The second-order valence-electron chi connectivity index (χ2n) is 3.57. The Morgan fingerprint density at radius 2 is 1.88 bits per heavy atom. The number of carbonyl (C=O) groups is 1. The molecular weight excluding hydrogens is 223 g/mol. The number of hydrogen-bond acceptors (Lipinski definition) is 3. The van der Waals surface area contributed by atoms with E-state index in [0.29, 0.717) is 18.8 Å². The third-order valence-electron chi connectivity index (χ3n) is 2.31. The van der Waals surface area contributed by atoms with Crippen molar-refractivity contribution in [3.05, 3.63) is 35.1 Å². The maximum atomic E-state index is 13.3. The first kappa shape index (κ1) is 13.8. The largest absolute Gasteiger partial charge is 0.346 e. The Kier molecular flexibility index (Phi) is 5.25. The molecule has 0 bridgehead atoms. The van der Waals surface area contributed by atoms with Gasteiger partial charge in [-0.25, -0.2) is 4.39 Å². The molecule has 0 spiro atoms. The smallest absolute Gasteiger partial charge is 0.222 e. The molecule has 0 aromatic heterocycles. The molecule has 1 aromatic rings. The molecule has 3 nitrogen and oxygen atoms in total. The van der Waals surface area contributed by atoms with Crippen molar-refractivity contribution in [2.24, 2.45) is 0 Å². The summed E-state index contributed by atoms with van der Waals surface area (Å²) >= 11 is 0. The number of hydrogen-bond donors (Lipinski definition) is 0. The maximum Gasteiger partial charge on any atom is 0.222 e. The van der Waals surface area contributed by atoms with Gasteiger partial charge in [0, 0.05) is 18.8 Å². The monoisotopic (exact) mass is 240 g/mol. The SMILES string of the molecule is CCOC(OCC)C(=O)c1ccc(C)c(F)c1. The van der Waals surface area contributed by atoms with Crippen LogP contribution in [0.3, 0.4) is 0 Å². The van der Waals surface area contributed by atoms with Gasteiger partial charge in [-0.05, 0) is 32.4 Å². The lowest BCUT2D eigenvalue weighted by Crippen LogP contribution is -2.27. The second kappa shape index (κ2) is 6.47.